The van der Waals surface area contributed by atoms with Crippen molar-refractivity contribution in [3.8, 4) is 0 Å². The minimum Gasteiger partial charge on any atom is -0.373 e. The van der Waals surface area contributed by atoms with E-state index in [9.17, 15) is 0 Å². The highest BCUT2D eigenvalue weighted by atomic mass is 16.5. The molecule has 2 saturated heterocycles. The Hall–Kier alpha value is -2.20. The molecule has 0 aliphatic carbocycles. The monoisotopic (exact) mass is 335 g/mol. The van der Waals surface area contributed by atoms with Crippen molar-refractivity contribution >= 4 is 5.69 Å². The van der Waals surface area contributed by atoms with E-state index in [1.165, 1.54) is 5.56 Å². The summed E-state index contributed by atoms with van der Waals surface area (Å²) in [6.45, 7) is 10.7. The molecule has 2 aliphatic heterocycles. The highest BCUT2D eigenvalue weighted by Gasteiger charge is 2.54. The van der Waals surface area contributed by atoms with Gasteiger partial charge in [0, 0.05) is 35.1 Å². The fourth-order valence-corrected chi connectivity index (χ4v) is 4.32. The number of hydrogen-bond acceptors (Lipinski definition) is 4. The highest BCUT2D eigenvalue weighted by molar-refractivity contribution is 5.48. The van der Waals surface area contributed by atoms with E-state index in [2.05, 4.69) is 40.9 Å². The molecule has 4 rings (SSSR count). The molecule has 2 aliphatic rings. The molecule has 25 heavy (non-hydrogen) atoms. The first-order chi connectivity index (χ1) is 12.0. The summed E-state index contributed by atoms with van der Waals surface area (Å²) < 4.78 is 6.33. The van der Waals surface area contributed by atoms with Crippen LogP contribution in [-0.2, 0) is 4.74 Å². The molecule has 2 fully saturated rings. The Kier molecular flexibility index (Phi) is 4.08. The van der Waals surface area contributed by atoms with E-state index in [0.717, 1.165) is 29.2 Å². The summed E-state index contributed by atoms with van der Waals surface area (Å²) in [6.07, 6.45) is 5.45. The Bertz CT molecular complexity index is 769. The number of fused-ring (bicyclic) bond motifs is 2. The second kappa shape index (κ2) is 6.26. The van der Waals surface area contributed by atoms with Gasteiger partial charge in [-0.15, -0.1) is 0 Å². The lowest BCUT2D eigenvalue weighted by Gasteiger charge is -2.33. The third kappa shape index (κ3) is 2.95. The van der Waals surface area contributed by atoms with Crippen LogP contribution in [0.2, 0.25) is 0 Å². The van der Waals surface area contributed by atoms with Crippen LogP contribution in [0.15, 0.2) is 48.9 Å². The fourth-order valence-electron chi connectivity index (χ4n) is 4.32. The summed E-state index contributed by atoms with van der Waals surface area (Å²) in [5.74, 6) is 1.12. The third-order valence-corrected chi connectivity index (χ3v) is 5.58. The maximum atomic E-state index is 6.33. The molecule has 4 heteroatoms. The minimum absolute atomic E-state index is 0.217. The van der Waals surface area contributed by atoms with E-state index in [0.29, 0.717) is 11.8 Å². The smallest absolute Gasteiger partial charge is 0.0695 e. The number of ether oxygens (including phenoxy) is 1. The van der Waals surface area contributed by atoms with Crippen molar-refractivity contribution in [2.75, 3.05) is 5.32 Å². The molecule has 4 nitrogen and oxygen atoms in total. The van der Waals surface area contributed by atoms with Crippen molar-refractivity contribution in [2.45, 2.75) is 45.3 Å². The Morgan fingerprint density at radius 3 is 2.48 bits per heavy atom. The van der Waals surface area contributed by atoms with Crippen LogP contribution in [0.4, 0.5) is 5.69 Å². The molecule has 5 atom stereocenters. The molecule has 0 radical (unpaired) electrons. The van der Waals surface area contributed by atoms with Gasteiger partial charge in [0.05, 0.1) is 24.1 Å². The van der Waals surface area contributed by atoms with Crippen molar-refractivity contribution in [3.63, 3.8) is 0 Å². The average molecular weight is 335 g/mol. The molecule has 4 heterocycles. The number of nitrogens with zero attached hydrogens (tertiary/aromatic N) is 2. The molecule has 1 N–H and O–H groups in total. The van der Waals surface area contributed by atoms with E-state index in [1.807, 2.05) is 38.4 Å². The van der Waals surface area contributed by atoms with E-state index < -0.39 is 0 Å². The zero-order valence-corrected chi connectivity index (χ0v) is 15.1. The number of pyridine rings is 2. The molecule has 130 valence electrons. The second-order valence-corrected chi connectivity index (χ2v) is 7.48. The lowest BCUT2D eigenvalue weighted by Crippen LogP contribution is -2.33. The summed E-state index contributed by atoms with van der Waals surface area (Å²) in [5.41, 5.74) is 5.29. The normalized spacial score (nSPS) is 30.4. The SMILES string of the molecule is C=C(Nc1ccc(C)nc1)C1C2OC(CC2C)C1c1ccc(C)nc1. The molecule has 0 amide bonds. The summed E-state index contributed by atoms with van der Waals surface area (Å²) in [7, 11) is 0. The molecular formula is C21H25N3O. The van der Waals surface area contributed by atoms with Crippen LogP contribution in [0.5, 0.6) is 0 Å². The maximum absolute atomic E-state index is 6.33. The van der Waals surface area contributed by atoms with Crippen LogP contribution < -0.4 is 5.32 Å². The van der Waals surface area contributed by atoms with E-state index in [1.54, 1.807) is 0 Å². The van der Waals surface area contributed by atoms with Gasteiger partial charge < -0.3 is 10.1 Å². The van der Waals surface area contributed by atoms with Gasteiger partial charge in [0.25, 0.3) is 0 Å². The molecule has 0 saturated carbocycles. The summed E-state index contributed by atoms with van der Waals surface area (Å²) >= 11 is 0. The first-order valence-corrected chi connectivity index (χ1v) is 8.99. The maximum Gasteiger partial charge on any atom is 0.0695 e. The Balaban J connectivity index is 1.61. The predicted molar refractivity (Wildman–Crippen MR) is 99.4 cm³/mol. The lowest BCUT2D eigenvalue weighted by atomic mass is 9.71. The molecule has 5 unspecified atom stereocenters. The molecule has 0 aromatic carbocycles. The molecule has 2 aromatic rings. The summed E-state index contributed by atoms with van der Waals surface area (Å²) in [5, 5.41) is 3.47. The van der Waals surface area contributed by atoms with Gasteiger partial charge in [-0.05, 0) is 49.9 Å². The van der Waals surface area contributed by atoms with E-state index >= 15 is 0 Å². The standard InChI is InChI=1S/C21H25N3O/c1-12-9-18-20(16-7-5-13(2)22-10-16)19(21(12)25-18)15(4)24-17-8-6-14(3)23-11-17/h5-8,10-12,18-21,24H,4,9H2,1-3H3. The minimum atomic E-state index is 0.217. The largest absolute Gasteiger partial charge is 0.373 e. The van der Waals surface area contributed by atoms with Crippen LogP contribution >= 0.6 is 0 Å². The van der Waals surface area contributed by atoms with Crippen molar-refractivity contribution in [3.05, 3.63) is 65.9 Å². The van der Waals surface area contributed by atoms with Gasteiger partial charge >= 0.3 is 0 Å². The number of hydrogen-bond donors (Lipinski definition) is 1. The number of nitrogens with one attached hydrogen (secondary N) is 1. The van der Waals surface area contributed by atoms with Crippen LogP contribution in [0.1, 0.15) is 36.2 Å². The van der Waals surface area contributed by atoms with Gasteiger partial charge in [0.1, 0.15) is 0 Å². The van der Waals surface area contributed by atoms with Crippen LogP contribution in [0.3, 0.4) is 0 Å². The van der Waals surface area contributed by atoms with Crippen molar-refractivity contribution < 1.29 is 4.74 Å². The number of rotatable bonds is 4. The van der Waals surface area contributed by atoms with Crippen molar-refractivity contribution in [2.24, 2.45) is 11.8 Å². The summed E-state index contributed by atoms with van der Waals surface area (Å²) in [4.78, 5) is 8.86. The quantitative estimate of drug-likeness (QED) is 0.908. The average Bonchev–Trinajstić information content (AvgIpc) is 3.14. The van der Waals surface area contributed by atoms with Gasteiger partial charge in [-0.3, -0.25) is 9.97 Å². The fraction of sp³-hybridized carbons (Fsp3) is 0.429. The number of anilines is 1. The molecule has 2 aromatic heterocycles. The topological polar surface area (TPSA) is 47.0 Å². The van der Waals surface area contributed by atoms with Crippen LogP contribution in [-0.4, -0.2) is 22.2 Å². The van der Waals surface area contributed by atoms with Gasteiger partial charge in [-0.1, -0.05) is 19.6 Å². The zero-order chi connectivity index (χ0) is 17.6. The highest BCUT2D eigenvalue weighted by Crippen LogP contribution is 2.53. The van der Waals surface area contributed by atoms with E-state index in [4.69, 9.17) is 4.74 Å². The first kappa shape index (κ1) is 16.3. The van der Waals surface area contributed by atoms with Crippen LogP contribution in [0, 0.1) is 25.7 Å². The number of aryl methyl sites for hydroxylation is 2. The van der Waals surface area contributed by atoms with Gasteiger partial charge in [-0.2, -0.15) is 0 Å². The van der Waals surface area contributed by atoms with Crippen molar-refractivity contribution in [1.82, 2.24) is 9.97 Å². The van der Waals surface area contributed by atoms with E-state index in [-0.39, 0.29) is 18.1 Å². The third-order valence-electron chi connectivity index (χ3n) is 5.58. The predicted octanol–water partition coefficient (Wildman–Crippen LogP) is 4.23. The first-order valence-electron chi connectivity index (χ1n) is 8.99. The van der Waals surface area contributed by atoms with Gasteiger partial charge in [0.2, 0.25) is 0 Å². The van der Waals surface area contributed by atoms with Crippen molar-refractivity contribution in [1.29, 1.82) is 0 Å². The lowest BCUT2D eigenvalue weighted by molar-refractivity contribution is 0.0833. The molecular weight excluding hydrogens is 310 g/mol. The molecule has 2 bridgehead atoms. The number of aromatic nitrogens is 2. The Morgan fingerprint density at radius 2 is 1.84 bits per heavy atom. The van der Waals surface area contributed by atoms with Gasteiger partial charge in [0.15, 0.2) is 0 Å². The second-order valence-electron chi connectivity index (χ2n) is 7.48. The molecule has 0 spiro atoms. The Morgan fingerprint density at radius 1 is 1.12 bits per heavy atom. The Labute approximate surface area is 149 Å². The summed E-state index contributed by atoms with van der Waals surface area (Å²) in [6, 6.07) is 8.34. The van der Waals surface area contributed by atoms with Crippen LogP contribution in [0.25, 0.3) is 0 Å². The zero-order valence-electron chi connectivity index (χ0n) is 15.1. The van der Waals surface area contributed by atoms with Gasteiger partial charge in [-0.25, -0.2) is 0 Å².